The van der Waals surface area contributed by atoms with E-state index in [2.05, 4.69) is 26.9 Å². The van der Waals surface area contributed by atoms with E-state index >= 15 is 0 Å². The van der Waals surface area contributed by atoms with E-state index in [4.69, 9.17) is 0 Å². The molecule has 0 spiro atoms. The molecule has 1 aliphatic heterocycles. The molecule has 0 saturated carbocycles. The number of nitrogens with zero attached hydrogens (tertiary/aromatic N) is 2. The van der Waals surface area contributed by atoms with E-state index in [9.17, 15) is 4.79 Å². The number of likely N-dealkylation sites (N-methyl/N-ethyl adjacent to an activating group) is 1. The van der Waals surface area contributed by atoms with E-state index in [0.29, 0.717) is 0 Å². The lowest BCUT2D eigenvalue weighted by Crippen LogP contribution is -2.47. The Balaban J connectivity index is 2.09. The number of carbonyl (C=O) groups is 1. The first kappa shape index (κ1) is 13.4. The molecule has 0 aromatic heterocycles. The zero-order valence-corrected chi connectivity index (χ0v) is 10.5. The van der Waals surface area contributed by atoms with Crippen molar-refractivity contribution in [3.63, 3.8) is 0 Å². The van der Waals surface area contributed by atoms with Crippen LogP contribution >= 0.6 is 0 Å². The summed E-state index contributed by atoms with van der Waals surface area (Å²) in [6, 6.07) is -0.211. The molecular weight excluding hydrogens is 206 g/mol. The molecule has 1 atom stereocenters. The van der Waals surface area contributed by atoms with Crippen LogP contribution in [0.25, 0.3) is 0 Å². The third-order valence-corrected chi connectivity index (χ3v) is 3.03. The maximum atomic E-state index is 11.1. The van der Waals surface area contributed by atoms with Crippen LogP contribution in [0, 0.1) is 0 Å². The Kier molecular flexibility index (Phi) is 5.73. The summed E-state index contributed by atoms with van der Waals surface area (Å²) >= 11 is 0. The first-order chi connectivity index (χ1) is 7.63. The summed E-state index contributed by atoms with van der Waals surface area (Å²) in [5.74, 6) is -0.196. The molecule has 0 aromatic carbocycles. The summed E-state index contributed by atoms with van der Waals surface area (Å²) in [6.45, 7) is 8.15. The number of rotatable bonds is 5. The van der Waals surface area contributed by atoms with Crippen LogP contribution in [-0.4, -0.2) is 75.2 Å². The average Bonchev–Trinajstić information content (AvgIpc) is 2.30. The summed E-state index contributed by atoms with van der Waals surface area (Å²) in [7, 11) is 3.57. The van der Waals surface area contributed by atoms with Crippen molar-refractivity contribution in [2.24, 2.45) is 0 Å². The van der Waals surface area contributed by atoms with Crippen LogP contribution < -0.4 is 5.32 Å². The van der Waals surface area contributed by atoms with Gasteiger partial charge in [-0.3, -0.25) is 9.69 Å². The maximum absolute atomic E-state index is 11.1. The zero-order valence-electron chi connectivity index (χ0n) is 10.5. The first-order valence-corrected chi connectivity index (χ1v) is 5.85. The molecule has 0 radical (unpaired) electrons. The van der Waals surface area contributed by atoms with Gasteiger partial charge in [0.1, 0.15) is 6.04 Å². The molecule has 1 saturated heterocycles. The molecule has 1 N–H and O–H groups in total. The van der Waals surface area contributed by atoms with Gasteiger partial charge in [0.05, 0.1) is 7.11 Å². The Morgan fingerprint density at radius 3 is 2.56 bits per heavy atom. The summed E-state index contributed by atoms with van der Waals surface area (Å²) in [4.78, 5) is 15.9. The summed E-state index contributed by atoms with van der Waals surface area (Å²) in [5, 5.41) is 3.16. The third-order valence-electron chi connectivity index (χ3n) is 3.03. The van der Waals surface area contributed by atoms with E-state index in [-0.39, 0.29) is 12.0 Å². The normalized spacial score (nSPS) is 20.7. The van der Waals surface area contributed by atoms with E-state index in [0.717, 1.165) is 39.3 Å². The van der Waals surface area contributed by atoms with Crippen LogP contribution in [0.4, 0.5) is 0 Å². The smallest absolute Gasteiger partial charge is 0.322 e. The molecule has 0 aliphatic carbocycles. The predicted molar refractivity (Wildman–Crippen MR) is 63.4 cm³/mol. The quantitative estimate of drug-likeness (QED) is 0.637. The second kappa shape index (κ2) is 6.83. The molecule has 1 unspecified atom stereocenters. The predicted octanol–water partition coefficient (Wildman–Crippen LogP) is -0.615. The molecule has 1 rings (SSSR count). The van der Waals surface area contributed by atoms with E-state index in [1.165, 1.54) is 7.11 Å². The molecule has 5 heteroatoms. The van der Waals surface area contributed by atoms with Crippen molar-refractivity contribution in [1.29, 1.82) is 0 Å². The standard InChI is InChI=1S/C11H23N3O2/c1-10(11(15)16-3)12-4-5-14-8-6-13(2)7-9-14/h10,12H,4-9H2,1-3H3. The van der Waals surface area contributed by atoms with Crippen molar-refractivity contribution in [3.05, 3.63) is 0 Å². The molecule has 94 valence electrons. The minimum absolute atomic E-state index is 0.196. The minimum Gasteiger partial charge on any atom is -0.468 e. The van der Waals surface area contributed by atoms with E-state index < -0.39 is 0 Å². The fourth-order valence-corrected chi connectivity index (χ4v) is 1.77. The topological polar surface area (TPSA) is 44.8 Å². The molecule has 0 aromatic rings. The van der Waals surface area contributed by atoms with E-state index in [1.54, 1.807) is 0 Å². The Morgan fingerprint density at radius 1 is 1.38 bits per heavy atom. The molecule has 1 fully saturated rings. The second-order valence-corrected chi connectivity index (χ2v) is 4.34. The summed E-state index contributed by atoms with van der Waals surface area (Å²) in [6.07, 6.45) is 0. The number of hydrogen-bond acceptors (Lipinski definition) is 5. The third kappa shape index (κ3) is 4.47. The fourth-order valence-electron chi connectivity index (χ4n) is 1.77. The Hall–Kier alpha value is -0.650. The van der Waals surface area contributed by atoms with Gasteiger partial charge in [-0.1, -0.05) is 0 Å². The lowest BCUT2D eigenvalue weighted by molar-refractivity contribution is -0.142. The van der Waals surface area contributed by atoms with Crippen LogP contribution in [0.2, 0.25) is 0 Å². The number of carbonyl (C=O) groups excluding carboxylic acids is 1. The number of ether oxygens (including phenoxy) is 1. The summed E-state index contributed by atoms with van der Waals surface area (Å²) < 4.78 is 4.65. The van der Waals surface area contributed by atoms with Gasteiger partial charge >= 0.3 is 5.97 Å². The van der Waals surface area contributed by atoms with Gasteiger partial charge in [0, 0.05) is 39.3 Å². The lowest BCUT2D eigenvalue weighted by Gasteiger charge is -2.32. The van der Waals surface area contributed by atoms with Crippen molar-refractivity contribution in [1.82, 2.24) is 15.1 Å². The van der Waals surface area contributed by atoms with Gasteiger partial charge in [0.25, 0.3) is 0 Å². The highest BCUT2D eigenvalue weighted by Crippen LogP contribution is 1.97. The van der Waals surface area contributed by atoms with Gasteiger partial charge in [-0.2, -0.15) is 0 Å². The molecular formula is C11H23N3O2. The lowest BCUT2D eigenvalue weighted by atomic mass is 10.3. The van der Waals surface area contributed by atoms with Gasteiger partial charge in [-0.25, -0.2) is 0 Å². The summed E-state index contributed by atoms with van der Waals surface area (Å²) in [5.41, 5.74) is 0. The first-order valence-electron chi connectivity index (χ1n) is 5.85. The maximum Gasteiger partial charge on any atom is 0.322 e. The van der Waals surface area contributed by atoms with Crippen LogP contribution in [0.3, 0.4) is 0 Å². The Bertz CT molecular complexity index is 215. The highest BCUT2D eigenvalue weighted by Gasteiger charge is 2.15. The SMILES string of the molecule is COC(=O)C(C)NCCN1CCN(C)CC1. The number of methoxy groups -OCH3 is 1. The number of piperazine rings is 1. The number of esters is 1. The van der Waals surface area contributed by atoms with Crippen LogP contribution in [0.5, 0.6) is 0 Å². The molecule has 5 nitrogen and oxygen atoms in total. The van der Waals surface area contributed by atoms with Gasteiger partial charge in [-0.05, 0) is 14.0 Å². The highest BCUT2D eigenvalue weighted by atomic mass is 16.5. The van der Waals surface area contributed by atoms with Crippen molar-refractivity contribution in [2.75, 3.05) is 53.4 Å². The fraction of sp³-hybridized carbons (Fsp3) is 0.909. The number of nitrogens with one attached hydrogen (secondary N) is 1. The largest absolute Gasteiger partial charge is 0.468 e. The van der Waals surface area contributed by atoms with Crippen molar-refractivity contribution in [3.8, 4) is 0 Å². The molecule has 0 amide bonds. The minimum atomic E-state index is -0.211. The van der Waals surface area contributed by atoms with Crippen LogP contribution in [-0.2, 0) is 9.53 Å². The highest BCUT2D eigenvalue weighted by molar-refractivity contribution is 5.75. The Labute approximate surface area is 97.7 Å². The van der Waals surface area contributed by atoms with Crippen molar-refractivity contribution in [2.45, 2.75) is 13.0 Å². The van der Waals surface area contributed by atoms with Crippen molar-refractivity contribution >= 4 is 5.97 Å². The van der Waals surface area contributed by atoms with Gasteiger partial charge < -0.3 is 15.0 Å². The van der Waals surface area contributed by atoms with Gasteiger partial charge in [0.2, 0.25) is 0 Å². The van der Waals surface area contributed by atoms with Crippen LogP contribution in [0.1, 0.15) is 6.92 Å². The Morgan fingerprint density at radius 2 is 2.00 bits per heavy atom. The molecule has 1 heterocycles. The molecule has 1 aliphatic rings. The molecule has 16 heavy (non-hydrogen) atoms. The second-order valence-electron chi connectivity index (χ2n) is 4.34. The number of hydrogen-bond donors (Lipinski definition) is 1. The van der Waals surface area contributed by atoms with E-state index in [1.807, 2.05) is 6.92 Å². The van der Waals surface area contributed by atoms with Gasteiger partial charge in [-0.15, -0.1) is 0 Å². The monoisotopic (exact) mass is 229 g/mol. The average molecular weight is 229 g/mol. The van der Waals surface area contributed by atoms with Crippen LogP contribution in [0.15, 0.2) is 0 Å². The molecule has 0 bridgehead atoms. The van der Waals surface area contributed by atoms with Gasteiger partial charge in [0.15, 0.2) is 0 Å². The van der Waals surface area contributed by atoms with Crippen molar-refractivity contribution < 1.29 is 9.53 Å². The zero-order chi connectivity index (χ0) is 12.0.